The summed E-state index contributed by atoms with van der Waals surface area (Å²) in [5.41, 5.74) is 4.18. The fourth-order valence-electron chi connectivity index (χ4n) is 5.56. The first-order chi connectivity index (χ1) is 21.2. The maximum absolute atomic E-state index is 14.2. The summed E-state index contributed by atoms with van der Waals surface area (Å²) >= 11 is 1.28. The van der Waals surface area contributed by atoms with Crippen molar-refractivity contribution >= 4 is 40.3 Å². The number of para-hydroxylation sites is 1. The number of benzene rings is 2. The number of aryl methyl sites for hydroxylation is 1. The lowest BCUT2D eigenvalue weighted by Crippen LogP contribution is -2.40. The van der Waals surface area contributed by atoms with Gasteiger partial charge in [-0.3, -0.25) is 9.36 Å². The number of thiazole rings is 1. The van der Waals surface area contributed by atoms with Crippen molar-refractivity contribution in [2.24, 2.45) is 4.99 Å². The fourth-order valence-corrected chi connectivity index (χ4v) is 6.59. The van der Waals surface area contributed by atoms with E-state index in [9.17, 15) is 14.4 Å². The van der Waals surface area contributed by atoms with Crippen molar-refractivity contribution in [1.29, 1.82) is 0 Å². The minimum atomic E-state index is -0.834. The molecule has 2 aromatic carbocycles. The van der Waals surface area contributed by atoms with Crippen molar-refractivity contribution < 1.29 is 28.5 Å². The standard InChI is InChI=1S/C33H35N3O7S/c1-7-35-20(5)23(22-12-10-11-13-24(22)35)17-27-31(38)36-30(29(32(39)42-9-3)19(4)34-33(36)44-27)21-14-15-25(26(16-21)41-8-2)43-18-28(37)40-6/h10-17,30H,7-9,18H2,1-6H3/b27-17+/t30-/m1/s1. The maximum Gasteiger partial charge on any atom is 0.343 e. The Hall–Kier alpha value is -4.64. The highest BCUT2D eigenvalue weighted by Gasteiger charge is 2.34. The average Bonchev–Trinajstić information content (AvgIpc) is 3.47. The number of esters is 2. The molecule has 0 saturated carbocycles. The molecule has 0 saturated heterocycles. The van der Waals surface area contributed by atoms with Crippen LogP contribution in [0.4, 0.5) is 0 Å². The van der Waals surface area contributed by atoms with Gasteiger partial charge < -0.3 is 23.5 Å². The number of fused-ring (bicyclic) bond motifs is 2. The molecule has 0 amide bonds. The molecule has 0 aliphatic carbocycles. The Labute approximate surface area is 258 Å². The largest absolute Gasteiger partial charge is 0.490 e. The highest BCUT2D eigenvalue weighted by molar-refractivity contribution is 7.07. The second-order valence-corrected chi connectivity index (χ2v) is 11.1. The zero-order chi connectivity index (χ0) is 31.5. The molecule has 1 aliphatic rings. The molecule has 11 heteroatoms. The Balaban J connectivity index is 1.71. The predicted molar refractivity (Wildman–Crippen MR) is 168 cm³/mol. The van der Waals surface area contributed by atoms with Crippen LogP contribution in [0.5, 0.6) is 11.5 Å². The summed E-state index contributed by atoms with van der Waals surface area (Å²) in [7, 11) is 1.28. The second-order valence-electron chi connectivity index (χ2n) is 10.1. The van der Waals surface area contributed by atoms with Crippen LogP contribution in [0.25, 0.3) is 17.0 Å². The van der Waals surface area contributed by atoms with E-state index in [2.05, 4.69) is 35.3 Å². The highest BCUT2D eigenvalue weighted by Crippen LogP contribution is 2.36. The number of nitrogens with zero attached hydrogens (tertiary/aromatic N) is 3. The van der Waals surface area contributed by atoms with Crippen molar-refractivity contribution in [1.82, 2.24) is 9.13 Å². The molecule has 2 aromatic heterocycles. The number of methoxy groups -OCH3 is 1. The SMILES string of the molecule is CCOC(=O)C1=C(C)N=c2s/c(=C/c3c(C)n(CC)c4ccccc34)c(=O)n2[C@@H]1c1ccc(OCC(=O)OC)c(OCC)c1. The summed E-state index contributed by atoms with van der Waals surface area (Å²) in [6.45, 7) is 10.4. The maximum atomic E-state index is 14.2. The molecular weight excluding hydrogens is 582 g/mol. The van der Waals surface area contributed by atoms with Crippen LogP contribution in [0.15, 0.2) is 63.5 Å². The lowest BCUT2D eigenvalue weighted by molar-refractivity contribution is -0.143. The molecule has 0 bridgehead atoms. The van der Waals surface area contributed by atoms with Gasteiger partial charge in [0, 0.05) is 28.7 Å². The zero-order valence-corrected chi connectivity index (χ0v) is 26.4. The van der Waals surface area contributed by atoms with Gasteiger partial charge in [-0.15, -0.1) is 0 Å². The number of hydrogen-bond donors (Lipinski definition) is 0. The molecular formula is C33H35N3O7S. The van der Waals surface area contributed by atoms with E-state index in [1.54, 1.807) is 36.6 Å². The van der Waals surface area contributed by atoms with Crippen molar-refractivity contribution in [3.8, 4) is 11.5 Å². The van der Waals surface area contributed by atoms with Crippen molar-refractivity contribution in [3.05, 3.63) is 90.2 Å². The van der Waals surface area contributed by atoms with E-state index in [1.807, 2.05) is 25.1 Å². The number of aromatic nitrogens is 2. The van der Waals surface area contributed by atoms with Crippen LogP contribution in [-0.4, -0.2) is 48.0 Å². The molecule has 5 rings (SSSR count). The Morgan fingerprint density at radius 1 is 1.02 bits per heavy atom. The number of rotatable bonds is 10. The number of allylic oxidation sites excluding steroid dienone is 1. The molecule has 44 heavy (non-hydrogen) atoms. The summed E-state index contributed by atoms with van der Waals surface area (Å²) in [4.78, 5) is 44.5. The van der Waals surface area contributed by atoms with Crippen LogP contribution < -0.4 is 24.4 Å². The van der Waals surface area contributed by atoms with Crippen LogP contribution in [0, 0.1) is 6.92 Å². The van der Waals surface area contributed by atoms with Crippen LogP contribution in [-0.2, 0) is 25.6 Å². The molecule has 1 atom stereocenters. The Morgan fingerprint density at radius 2 is 1.80 bits per heavy atom. The lowest BCUT2D eigenvalue weighted by Gasteiger charge is -2.25. The molecule has 0 N–H and O–H groups in total. The molecule has 230 valence electrons. The Kier molecular flexibility index (Phi) is 9.05. The minimum Gasteiger partial charge on any atom is -0.490 e. The van der Waals surface area contributed by atoms with Crippen molar-refractivity contribution in [2.45, 2.75) is 47.2 Å². The molecule has 0 spiro atoms. The van der Waals surface area contributed by atoms with E-state index >= 15 is 0 Å². The van der Waals surface area contributed by atoms with Gasteiger partial charge >= 0.3 is 11.9 Å². The third-order valence-corrected chi connectivity index (χ3v) is 8.53. The first kappa shape index (κ1) is 30.8. The van der Waals surface area contributed by atoms with Gasteiger partial charge in [0.25, 0.3) is 5.56 Å². The third-order valence-electron chi connectivity index (χ3n) is 7.54. The average molecular weight is 618 g/mol. The van der Waals surface area contributed by atoms with Gasteiger partial charge in [-0.05, 0) is 64.5 Å². The van der Waals surface area contributed by atoms with Crippen LogP contribution in [0.1, 0.15) is 50.6 Å². The van der Waals surface area contributed by atoms with Gasteiger partial charge in [-0.25, -0.2) is 14.6 Å². The summed E-state index contributed by atoms with van der Waals surface area (Å²) in [6, 6.07) is 12.4. The van der Waals surface area contributed by atoms with Gasteiger partial charge in [-0.2, -0.15) is 0 Å². The molecule has 4 aromatic rings. The minimum absolute atomic E-state index is 0.165. The number of carbonyl (C=O) groups is 2. The fraction of sp³-hybridized carbons (Fsp3) is 0.333. The summed E-state index contributed by atoms with van der Waals surface area (Å²) in [5.74, 6) is -0.408. The Bertz CT molecular complexity index is 1960. The summed E-state index contributed by atoms with van der Waals surface area (Å²) in [5, 5.41) is 1.06. The summed E-state index contributed by atoms with van der Waals surface area (Å²) < 4.78 is 25.9. The topological polar surface area (TPSA) is 110 Å². The Morgan fingerprint density at radius 3 is 2.50 bits per heavy atom. The van der Waals surface area contributed by atoms with E-state index in [0.29, 0.717) is 38.7 Å². The highest BCUT2D eigenvalue weighted by atomic mass is 32.1. The number of hydrogen-bond acceptors (Lipinski definition) is 9. The normalized spacial score (nSPS) is 14.8. The zero-order valence-electron chi connectivity index (χ0n) is 25.6. The molecule has 1 aliphatic heterocycles. The van der Waals surface area contributed by atoms with Gasteiger partial charge in [0.2, 0.25) is 0 Å². The molecule has 10 nitrogen and oxygen atoms in total. The van der Waals surface area contributed by atoms with Gasteiger partial charge in [0.05, 0.1) is 42.2 Å². The monoisotopic (exact) mass is 617 g/mol. The molecule has 0 fully saturated rings. The smallest absolute Gasteiger partial charge is 0.343 e. The first-order valence-corrected chi connectivity index (χ1v) is 15.3. The quantitative estimate of drug-likeness (QED) is 0.247. The summed E-state index contributed by atoms with van der Waals surface area (Å²) in [6.07, 6.45) is 1.92. The lowest BCUT2D eigenvalue weighted by atomic mass is 9.95. The van der Waals surface area contributed by atoms with Crippen LogP contribution >= 0.6 is 11.3 Å². The van der Waals surface area contributed by atoms with E-state index in [-0.39, 0.29) is 24.3 Å². The molecule has 0 radical (unpaired) electrons. The van der Waals surface area contributed by atoms with Gasteiger partial charge in [0.15, 0.2) is 22.9 Å². The molecule has 3 heterocycles. The van der Waals surface area contributed by atoms with Crippen molar-refractivity contribution in [3.63, 3.8) is 0 Å². The van der Waals surface area contributed by atoms with E-state index in [4.69, 9.17) is 19.2 Å². The van der Waals surface area contributed by atoms with Crippen molar-refractivity contribution in [2.75, 3.05) is 26.9 Å². The second kappa shape index (κ2) is 12.9. The number of carbonyl (C=O) groups excluding carboxylic acids is 2. The van der Waals surface area contributed by atoms with Crippen LogP contribution in [0.2, 0.25) is 0 Å². The number of ether oxygens (including phenoxy) is 4. The first-order valence-electron chi connectivity index (χ1n) is 14.5. The van der Waals surface area contributed by atoms with Crippen LogP contribution in [0.3, 0.4) is 0 Å². The van der Waals surface area contributed by atoms with E-state index in [0.717, 1.165) is 28.7 Å². The van der Waals surface area contributed by atoms with Gasteiger partial charge in [0.1, 0.15) is 0 Å². The third kappa shape index (κ3) is 5.55. The molecule has 0 unspecified atom stereocenters. The van der Waals surface area contributed by atoms with E-state index in [1.165, 1.54) is 18.4 Å². The van der Waals surface area contributed by atoms with Gasteiger partial charge in [-0.1, -0.05) is 35.6 Å². The predicted octanol–water partition coefficient (Wildman–Crippen LogP) is 4.03. The van der Waals surface area contributed by atoms with E-state index < -0.39 is 18.0 Å².